The molecule has 2 aromatic heterocycles. The van der Waals surface area contributed by atoms with Crippen molar-refractivity contribution < 1.29 is 4.42 Å². The summed E-state index contributed by atoms with van der Waals surface area (Å²) in [5.41, 5.74) is 8.30. The fourth-order valence-corrected chi connectivity index (χ4v) is 1.84. The highest BCUT2D eigenvalue weighted by atomic mass is 16.4. The van der Waals surface area contributed by atoms with Gasteiger partial charge in [-0.3, -0.25) is 4.98 Å². The van der Waals surface area contributed by atoms with Crippen molar-refractivity contribution in [2.45, 2.75) is 6.92 Å². The molecule has 0 fully saturated rings. The molecule has 0 unspecified atom stereocenters. The maximum Gasteiger partial charge on any atom is 0.417 e. The quantitative estimate of drug-likeness (QED) is 0.614. The van der Waals surface area contributed by atoms with E-state index in [1.807, 2.05) is 17.7 Å². The molecule has 1 aromatic carbocycles. The number of benzene rings is 1. The number of imidazole rings is 1. The van der Waals surface area contributed by atoms with Crippen LogP contribution in [0.1, 0.15) is 5.82 Å². The number of oxazole rings is 1. The van der Waals surface area contributed by atoms with E-state index in [0.717, 1.165) is 11.5 Å². The van der Waals surface area contributed by atoms with E-state index < -0.39 is 5.76 Å². The minimum absolute atomic E-state index is 0.453. The molecule has 0 atom stereocenters. The van der Waals surface area contributed by atoms with Gasteiger partial charge in [-0.05, 0) is 13.0 Å². The average molecular weight is 230 g/mol. The SMILES string of the molecule is Cc1nccn1-c1cc2[nH]c(=O)oc2cc1N. The smallest absolute Gasteiger partial charge is 0.408 e. The van der Waals surface area contributed by atoms with Crippen LogP contribution in [0.2, 0.25) is 0 Å². The van der Waals surface area contributed by atoms with Gasteiger partial charge in [0.25, 0.3) is 0 Å². The molecule has 0 radical (unpaired) electrons. The standard InChI is InChI=1S/C11H10N4O2/c1-6-13-2-3-15(6)9-5-8-10(4-7(9)12)17-11(16)14-8/h2-5H,12H2,1H3,(H,14,16). The van der Waals surface area contributed by atoms with Crippen molar-refractivity contribution in [1.82, 2.24) is 14.5 Å². The maximum atomic E-state index is 11.1. The summed E-state index contributed by atoms with van der Waals surface area (Å²) in [6.45, 7) is 1.88. The largest absolute Gasteiger partial charge is 0.417 e. The third-order valence-corrected chi connectivity index (χ3v) is 2.65. The second kappa shape index (κ2) is 3.24. The first-order valence-corrected chi connectivity index (χ1v) is 5.08. The zero-order valence-corrected chi connectivity index (χ0v) is 9.10. The zero-order valence-electron chi connectivity index (χ0n) is 9.10. The van der Waals surface area contributed by atoms with Crippen LogP contribution in [0.5, 0.6) is 0 Å². The predicted octanol–water partition coefficient (Wildman–Crippen LogP) is 1.20. The Morgan fingerprint density at radius 2 is 2.29 bits per heavy atom. The summed E-state index contributed by atoms with van der Waals surface area (Å²) in [6.07, 6.45) is 3.50. The van der Waals surface area contributed by atoms with Crippen molar-refractivity contribution in [3.05, 3.63) is 40.9 Å². The Labute approximate surface area is 95.7 Å². The Balaban J connectivity index is 2.33. The van der Waals surface area contributed by atoms with Gasteiger partial charge in [0.15, 0.2) is 5.58 Å². The van der Waals surface area contributed by atoms with Gasteiger partial charge in [-0.1, -0.05) is 0 Å². The highest BCUT2D eigenvalue weighted by Gasteiger charge is 2.09. The lowest BCUT2D eigenvalue weighted by Gasteiger charge is -2.07. The molecule has 17 heavy (non-hydrogen) atoms. The minimum Gasteiger partial charge on any atom is -0.408 e. The fraction of sp³-hybridized carbons (Fsp3) is 0.0909. The number of hydrogen-bond acceptors (Lipinski definition) is 4. The van der Waals surface area contributed by atoms with Crippen molar-refractivity contribution in [3.63, 3.8) is 0 Å². The molecular weight excluding hydrogens is 220 g/mol. The van der Waals surface area contributed by atoms with E-state index in [9.17, 15) is 4.79 Å². The van der Waals surface area contributed by atoms with Crippen LogP contribution in [0.15, 0.2) is 33.7 Å². The molecule has 0 aliphatic rings. The molecule has 2 heterocycles. The number of hydrogen-bond donors (Lipinski definition) is 2. The highest BCUT2D eigenvalue weighted by Crippen LogP contribution is 2.23. The Bertz CT molecular complexity index is 750. The van der Waals surface area contributed by atoms with E-state index in [4.69, 9.17) is 10.2 Å². The molecular formula is C11H10N4O2. The van der Waals surface area contributed by atoms with Gasteiger partial charge in [0.1, 0.15) is 5.82 Å². The third kappa shape index (κ3) is 1.42. The van der Waals surface area contributed by atoms with Crippen LogP contribution in [-0.4, -0.2) is 14.5 Å². The van der Waals surface area contributed by atoms with E-state index >= 15 is 0 Å². The summed E-state index contributed by atoms with van der Waals surface area (Å²) in [5.74, 6) is 0.334. The van der Waals surface area contributed by atoms with E-state index in [1.165, 1.54) is 0 Å². The molecule has 3 aromatic rings. The summed E-state index contributed by atoms with van der Waals surface area (Å²) in [7, 11) is 0. The number of nitrogen functional groups attached to an aromatic ring is 1. The first-order chi connectivity index (χ1) is 8.15. The van der Waals surface area contributed by atoms with Crippen molar-refractivity contribution in [2.24, 2.45) is 0 Å². The molecule has 0 aliphatic carbocycles. The second-order valence-corrected chi connectivity index (χ2v) is 3.77. The van der Waals surface area contributed by atoms with Crippen molar-refractivity contribution in [2.75, 3.05) is 5.73 Å². The lowest BCUT2D eigenvalue weighted by atomic mass is 10.2. The van der Waals surface area contributed by atoms with Crippen LogP contribution in [0.3, 0.4) is 0 Å². The number of H-pyrrole nitrogens is 1. The topological polar surface area (TPSA) is 89.8 Å². The van der Waals surface area contributed by atoms with E-state index in [-0.39, 0.29) is 0 Å². The van der Waals surface area contributed by atoms with Crippen molar-refractivity contribution in [3.8, 4) is 5.69 Å². The fourth-order valence-electron chi connectivity index (χ4n) is 1.84. The minimum atomic E-state index is -0.487. The lowest BCUT2D eigenvalue weighted by Crippen LogP contribution is -2.00. The Hall–Kier alpha value is -2.50. The number of aromatic amines is 1. The van der Waals surface area contributed by atoms with E-state index in [2.05, 4.69) is 9.97 Å². The average Bonchev–Trinajstić information content (AvgIpc) is 2.82. The Kier molecular flexibility index (Phi) is 1.85. The van der Waals surface area contributed by atoms with E-state index in [1.54, 1.807) is 18.3 Å². The lowest BCUT2D eigenvalue weighted by molar-refractivity contribution is 0.555. The zero-order chi connectivity index (χ0) is 12.0. The summed E-state index contributed by atoms with van der Waals surface area (Å²) >= 11 is 0. The number of anilines is 1. The van der Waals surface area contributed by atoms with Gasteiger partial charge in [-0.25, -0.2) is 9.78 Å². The first kappa shape index (κ1) is 9.71. The van der Waals surface area contributed by atoms with Crippen molar-refractivity contribution in [1.29, 1.82) is 0 Å². The number of aryl methyl sites for hydroxylation is 1. The summed E-state index contributed by atoms with van der Waals surface area (Å²) in [4.78, 5) is 17.8. The van der Waals surface area contributed by atoms with Crippen molar-refractivity contribution >= 4 is 16.8 Å². The van der Waals surface area contributed by atoms with Crippen LogP contribution >= 0.6 is 0 Å². The first-order valence-electron chi connectivity index (χ1n) is 5.08. The van der Waals surface area contributed by atoms with Gasteiger partial charge in [-0.2, -0.15) is 0 Å². The summed E-state index contributed by atoms with van der Waals surface area (Å²) in [6, 6.07) is 3.40. The molecule has 0 saturated carbocycles. The van der Waals surface area contributed by atoms with Crippen LogP contribution in [0.25, 0.3) is 16.8 Å². The Morgan fingerprint density at radius 1 is 1.47 bits per heavy atom. The van der Waals surface area contributed by atoms with Gasteiger partial charge in [-0.15, -0.1) is 0 Å². The van der Waals surface area contributed by atoms with Crippen LogP contribution in [0.4, 0.5) is 5.69 Å². The van der Waals surface area contributed by atoms with Gasteiger partial charge in [0.05, 0.1) is 16.9 Å². The molecule has 3 N–H and O–H groups in total. The molecule has 0 saturated heterocycles. The van der Waals surface area contributed by atoms with Gasteiger partial charge in [0, 0.05) is 18.5 Å². The Morgan fingerprint density at radius 3 is 3.00 bits per heavy atom. The molecule has 86 valence electrons. The van der Waals surface area contributed by atoms with Crippen LogP contribution < -0.4 is 11.5 Å². The molecule has 0 amide bonds. The predicted molar refractivity (Wildman–Crippen MR) is 63.1 cm³/mol. The number of rotatable bonds is 1. The van der Waals surface area contributed by atoms with Crippen LogP contribution in [-0.2, 0) is 0 Å². The highest BCUT2D eigenvalue weighted by molar-refractivity contribution is 5.81. The summed E-state index contributed by atoms with van der Waals surface area (Å²) < 4.78 is 6.78. The van der Waals surface area contributed by atoms with Crippen LogP contribution in [0, 0.1) is 6.92 Å². The van der Waals surface area contributed by atoms with E-state index in [0.29, 0.717) is 16.8 Å². The number of nitrogens with zero attached hydrogens (tertiary/aromatic N) is 2. The van der Waals surface area contributed by atoms with Gasteiger partial charge >= 0.3 is 5.76 Å². The third-order valence-electron chi connectivity index (χ3n) is 2.65. The number of nitrogens with two attached hydrogens (primary N) is 1. The summed E-state index contributed by atoms with van der Waals surface area (Å²) in [5, 5.41) is 0. The molecule has 0 spiro atoms. The number of nitrogens with one attached hydrogen (secondary N) is 1. The number of fused-ring (bicyclic) bond motifs is 1. The molecule has 0 bridgehead atoms. The molecule has 3 rings (SSSR count). The molecule has 0 aliphatic heterocycles. The normalized spacial score (nSPS) is 11.1. The van der Waals surface area contributed by atoms with Gasteiger partial charge in [0.2, 0.25) is 0 Å². The maximum absolute atomic E-state index is 11.1. The molecule has 6 nitrogen and oxygen atoms in total. The molecule has 6 heteroatoms. The monoisotopic (exact) mass is 230 g/mol. The number of aromatic nitrogens is 3. The second-order valence-electron chi connectivity index (χ2n) is 3.77. The van der Waals surface area contributed by atoms with Gasteiger partial charge < -0.3 is 14.7 Å².